The number of nitrogens with zero attached hydrogens (tertiary/aromatic N) is 3. The van der Waals surface area contributed by atoms with E-state index in [2.05, 4.69) is 10.1 Å². The molecule has 0 radical (unpaired) electrons. The standard InChI is InChI=1S/C11H13ClN4O/c1-16-11(14-7-15-16)6-17-9-3-2-8(5-13)10(12)4-9/h2-4,7H,5-6,13H2,1H3. The molecule has 0 spiro atoms. The molecule has 90 valence electrons. The summed E-state index contributed by atoms with van der Waals surface area (Å²) in [6.45, 7) is 0.775. The minimum Gasteiger partial charge on any atom is -0.486 e. The third-order valence-corrected chi connectivity index (χ3v) is 2.77. The Labute approximate surface area is 104 Å². The first-order valence-electron chi connectivity index (χ1n) is 5.15. The Morgan fingerprint density at radius 1 is 1.47 bits per heavy atom. The zero-order chi connectivity index (χ0) is 12.3. The first-order valence-corrected chi connectivity index (χ1v) is 5.52. The van der Waals surface area contributed by atoms with Gasteiger partial charge in [0.2, 0.25) is 0 Å². The fourth-order valence-electron chi connectivity index (χ4n) is 1.38. The lowest BCUT2D eigenvalue weighted by Crippen LogP contribution is -2.04. The van der Waals surface area contributed by atoms with Crippen LogP contribution in [0.15, 0.2) is 24.5 Å². The Hall–Kier alpha value is -1.59. The molecule has 2 N–H and O–H groups in total. The number of ether oxygens (including phenoxy) is 1. The number of aryl methyl sites for hydroxylation is 1. The van der Waals surface area contributed by atoms with Gasteiger partial charge in [0, 0.05) is 18.6 Å². The van der Waals surface area contributed by atoms with Crippen LogP contribution in [0.2, 0.25) is 5.02 Å². The van der Waals surface area contributed by atoms with Gasteiger partial charge in [0.15, 0.2) is 5.82 Å². The predicted octanol–water partition coefficient (Wildman–Crippen LogP) is 1.51. The molecule has 0 aliphatic carbocycles. The van der Waals surface area contributed by atoms with E-state index in [1.807, 2.05) is 19.2 Å². The molecule has 0 saturated heterocycles. The van der Waals surface area contributed by atoms with Crippen molar-refractivity contribution >= 4 is 11.6 Å². The summed E-state index contributed by atoms with van der Waals surface area (Å²) >= 11 is 6.03. The molecular weight excluding hydrogens is 240 g/mol. The van der Waals surface area contributed by atoms with Gasteiger partial charge in [-0.15, -0.1) is 0 Å². The first-order chi connectivity index (χ1) is 8.20. The van der Waals surface area contributed by atoms with Crippen LogP contribution in [0, 0.1) is 0 Å². The smallest absolute Gasteiger partial charge is 0.164 e. The highest BCUT2D eigenvalue weighted by atomic mass is 35.5. The Morgan fingerprint density at radius 2 is 2.29 bits per heavy atom. The second-order valence-corrected chi connectivity index (χ2v) is 3.95. The SMILES string of the molecule is Cn1ncnc1COc1ccc(CN)c(Cl)c1. The quantitative estimate of drug-likeness (QED) is 0.896. The zero-order valence-electron chi connectivity index (χ0n) is 9.43. The number of halogens is 1. The van der Waals surface area contributed by atoms with E-state index in [1.165, 1.54) is 6.33 Å². The third kappa shape index (κ3) is 2.75. The largest absolute Gasteiger partial charge is 0.486 e. The van der Waals surface area contributed by atoms with Crippen molar-refractivity contribution < 1.29 is 4.74 Å². The molecule has 0 aliphatic rings. The number of hydrogen-bond acceptors (Lipinski definition) is 4. The first kappa shape index (κ1) is 11.9. The molecule has 0 saturated carbocycles. The monoisotopic (exact) mass is 252 g/mol. The maximum Gasteiger partial charge on any atom is 0.164 e. The summed E-state index contributed by atoms with van der Waals surface area (Å²) in [6, 6.07) is 5.44. The van der Waals surface area contributed by atoms with Gasteiger partial charge in [0.25, 0.3) is 0 Å². The van der Waals surface area contributed by atoms with Gasteiger partial charge in [-0.2, -0.15) is 5.10 Å². The molecule has 0 fully saturated rings. The maximum atomic E-state index is 6.03. The Kier molecular flexibility index (Phi) is 3.61. The van der Waals surface area contributed by atoms with Crippen LogP contribution >= 0.6 is 11.6 Å². The van der Waals surface area contributed by atoms with Crippen molar-refractivity contribution in [3.63, 3.8) is 0 Å². The summed E-state index contributed by atoms with van der Waals surface area (Å²) in [4.78, 5) is 4.06. The molecule has 0 bridgehead atoms. The van der Waals surface area contributed by atoms with Gasteiger partial charge in [0.1, 0.15) is 18.7 Å². The molecule has 2 rings (SSSR count). The number of aromatic nitrogens is 3. The van der Waals surface area contributed by atoms with Gasteiger partial charge in [-0.1, -0.05) is 17.7 Å². The highest BCUT2D eigenvalue weighted by Gasteiger charge is 2.04. The second kappa shape index (κ2) is 5.16. The lowest BCUT2D eigenvalue weighted by Gasteiger charge is -2.07. The van der Waals surface area contributed by atoms with E-state index < -0.39 is 0 Å². The van der Waals surface area contributed by atoms with Crippen molar-refractivity contribution in [3.05, 3.63) is 40.9 Å². The summed E-state index contributed by atoms with van der Waals surface area (Å²) < 4.78 is 7.23. The van der Waals surface area contributed by atoms with Crippen LogP contribution in [-0.2, 0) is 20.2 Å². The fraction of sp³-hybridized carbons (Fsp3) is 0.273. The van der Waals surface area contributed by atoms with Gasteiger partial charge in [-0.3, -0.25) is 4.68 Å². The van der Waals surface area contributed by atoms with Crippen LogP contribution in [0.4, 0.5) is 0 Å². The number of rotatable bonds is 4. The van der Waals surface area contributed by atoms with Crippen molar-refractivity contribution in [2.45, 2.75) is 13.2 Å². The van der Waals surface area contributed by atoms with Gasteiger partial charge in [-0.25, -0.2) is 4.98 Å². The Morgan fingerprint density at radius 3 is 2.88 bits per heavy atom. The second-order valence-electron chi connectivity index (χ2n) is 3.55. The van der Waals surface area contributed by atoms with Crippen LogP contribution in [0.5, 0.6) is 5.75 Å². The van der Waals surface area contributed by atoms with Crippen LogP contribution in [0.25, 0.3) is 0 Å². The molecule has 0 atom stereocenters. The van der Waals surface area contributed by atoms with Crippen molar-refractivity contribution in [3.8, 4) is 5.75 Å². The van der Waals surface area contributed by atoms with Gasteiger partial charge < -0.3 is 10.5 Å². The summed E-state index contributed by atoms with van der Waals surface area (Å²) in [7, 11) is 1.82. The molecule has 1 aromatic heterocycles. The van der Waals surface area contributed by atoms with E-state index in [4.69, 9.17) is 22.1 Å². The lowest BCUT2D eigenvalue weighted by molar-refractivity contribution is 0.289. The topological polar surface area (TPSA) is 66.0 Å². The van der Waals surface area contributed by atoms with E-state index in [9.17, 15) is 0 Å². The van der Waals surface area contributed by atoms with Crippen LogP contribution in [0.3, 0.4) is 0 Å². The van der Waals surface area contributed by atoms with Crippen LogP contribution in [0.1, 0.15) is 11.4 Å². The fourth-order valence-corrected chi connectivity index (χ4v) is 1.63. The number of nitrogens with two attached hydrogens (primary N) is 1. The zero-order valence-corrected chi connectivity index (χ0v) is 10.2. The normalized spacial score (nSPS) is 10.5. The van der Waals surface area contributed by atoms with Gasteiger partial charge >= 0.3 is 0 Å². The van der Waals surface area contributed by atoms with Crippen molar-refractivity contribution in [1.29, 1.82) is 0 Å². The van der Waals surface area contributed by atoms with Crippen molar-refractivity contribution in [2.24, 2.45) is 12.8 Å². The van der Waals surface area contributed by atoms with Crippen LogP contribution < -0.4 is 10.5 Å². The maximum absolute atomic E-state index is 6.03. The molecular formula is C11H13ClN4O. The molecule has 0 unspecified atom stereocenters. The average molecular weight is 253 g/mol. The molecule has 1 aromatic carbocycles. The van der Waals surface area contributed by atoms with E-state index in [1.54, 1.807) is 10.7 Å². The van der Waals surface area contributed by atoms with E-state index in [0.29, 0.717) is 23.9 Å². The van der Waals surface area contributed by atoms with Crippen LogP contribution in [-0.4, -0.2) is 14.8 Å². The molecule has 0 amide bonds. The van der Waals surface area contributed by atoms with Crippen molar-refractivity contribution in [2.75, 3.05) is 0 Å². The lowest BCUT2D eigenvalue weighted by atomic mass is 10.2. The number of hydrogen-bond donors (Lipinski definition) is 1. The summed E-state index contributed by atoms with van der Waals surface area (Å²) in [5.41, 5.74) is 6.43. The molecule has 6 heteroatoms. The predicted molar refractivity (Wildman–Crippen MR) is 64.7 cm³/mol. The van der Waals surface area contributed by atoms with Crippen molar-refractivity contribution in [1.82, 2.24) is 14.8 Å². The Bertz CT molecular complexity index is 512. The summed E-state index contributed by atoms with van der Waals surface area (Å²) in [6.07, 6.45) is 1.49. The van der Waals surface area contributed by atoms with E-state index in [-0.39, 0.29) is 0 Å². The van der Waals surface area contributed by atoms with E-state index >= 15 is 0 Å². The molecule has 2 aromatic rings. The number of benzene rings is 1. The van der Waals surface area contributed by atoms with Gasteiger partial charge in [0.05, 0.1) is 0 Å². The minimum absolute atomic E-state index is 0.356. The van der Waals surface area contributed by atoms with Gasteiger partial charge in [-0.05, 0) is 17.7 Å². The molecule has 1 heterocycles. The third-order valence-electron chi connectivity index (χ3n) is 2.42. The summed E-state index contributed by atoms with van der Waals surface area (Å²) in [5, 5.41) is 4.57. The Balaban J connectivity index is 2.05. The minimum atomic E-state index is 0.356. The highest BCUT2D eigenvalue weighted by molar-refractivity contribution is 6.31. The highest BCUT2D eigenvalue weighted by Crippen LogP contribution is 2.22. The molecule has 0 aliphatic heterocycles. The average Bonchev–Trinajstić information content (AvgIpc) is 2.72. The molecule has 5 nitrogen and oxygen atoms in total. The summed E-state index contributed by atoms with van der Waals surface area (Å²) in [5.74, 6) is 1.44. The molecule has 17 heavy (non-hydrogen) atoms. The van der Waals surface area contributed by atoms with E-state index in [0.717, 1.165) is 11.4 Å².